The van der Waals surface area contributed by atoms with Crippen LogP contribution in [0.3, 0.4) is 0 Å². The van der Waals surface area contributed by atoms with Gasteiger partial charge in [-0.2, -0.15) is 0 Å². The second-order valence-corrected chi connectivity index (χ2v) is 7.42. The minimum absolute atomic E-state index is 1.23. The first kappa shape index (κ1) is 16.7. The van der Waals surface area contributed by atoms with Crippen molar-refractivity contribution in [1.29, 1.82) is 0 Å². The van der Waals surface area contributed by atoms with Crippen molar-refractivity contribution in [3.8, 4) is 22.4 Å². The van der Waals surface area contributed by atoms with Crippen LogP contribution in [0.4, 0.5) is 0 Å². The molecule has 1 heteroatoms. The van der Waals surface area contributed by atoms with Gasteiger partial charge in [-0.1, -0.05) is 66.7 Å². The van der Waals surface area contributed by atoms with Gasteiger partial charge in [0.25, 0.3) is 0 Å². The third kappa shape index (κ3) is 2.68. The average Bonchev–Trinajstić information content (AvgIpc) is 2.74. The maximum Gasteiger partial charge on any atom is 0.212 e. The van der Waals surface area contributed by atoms with Gasteiger partial charge in [0.15, 0.2) is 6.20 Å². The molecule has 0 saturated heterocycles. The molecule has 134 valence electrons. The molecule has 5 aromatic rings. The molecule has 0 aliphatic heterocycles. The maximum atomic E-state index is 2.33. The van der Waals surface area contributed by atoms with Crippen molar-refractivity contribution in [1.82, 2.24) is 0 Å². The van der Waals surface area contributed by atoms with Crippen molar-refractivity contribution in [2.75, 3.05) is 0 Å². The molecule has 5 rings (SSSR count). The summed E-state index contributed by atoms with van der Waals surface area (Å²) in [6, 6.07) is 32.9. The summed E-state index contributed by atoms with van der Waals surface area (Å²) in [6.45, 7) is 2.19. The minimum Gasteiger partial charge on any atom is -0.201 e. The summed E-state index contributed by atoms with van der Waals surface area (Å²) in [5, 5.41) is 5.20. The van der Waals surface area contributed by atoms with Crippen LogP contribution in [-0.4, -0.2) is 0 Å². The molecule has 0 radical (unpaired) electrons. The Morgan fingerprint density at radius 1 is 0.643 bits per heavy atom. The van der Waals surface area contributed by atoms with Crippen LogP contribution < -0.4 is 4.57 Å². The van der Waals surface area contributed by atoms with E-state index in [2.05, 4.69) is 116 Å². The highest BCUT2D eigenvalue weighted by atomic mass is 14.9. The summed E-state index contributed by atoms with van der Waals surface area (Å²) in [5.41, 5.74) is 6.33. The summed E-state index contributed by atoms with van der Waals surface area (Å²) in [5.74, 6) is 0. The van der Waals surface area contributed by atoms with Crippen molar-refractivity contribution in [3.05, 3.63) is 103 Å². The fourth-order valence-electron chi connectivity index (χ4n) is 4.17. The molecule has 0 saturated carbocycles. The molecule has 0 bridgehead atoms. The molecule has 28 heavy (non-hydrogen) atoms. The Morgan fingerprint density at radius 3 is 2.32 bits per heavy atom. The number of fused-ring (bicyclic) bond motifs is 3. The molecule has 0 aliphatic carbocycles. The van der Waals surface area contributed by atoms with Crippen molar-refractivity contribution < 1.29 is 4.57 Å². The van der Waals surface area contributed by atoms with Gasteiger partial charge < -0.3 is 0 Å². The normalized spacial score (nSPS) is 11.2. The fraction of sp³-hybridized carbons (Fsp3) is 0.0741. The lowest BCUT2D eigenvalue weighted by Gasteiger charge is -2.12. The van der Waals surface area contributed by atoms with Crippen molar-refractivity contribution in [2.24, 2.45) is 7.05 Å². The number of pyridine rings is 1. The number of nitrogens with zero attached hydrogens (tertiary/aromatic N) is 1. The van der Waals surface area contributed by atoms with E-state index in [0.29, 0.717) is 0 Å². The smallest absolute Gasteiger partial charge is 0.201 e. The third-order valence-electron chi connectivity index (χ3n) is 5.65. The fourth-order valence-corrected chi connectivity index (χ4v) is 4.17. The van der Waals surface area contributed by atoms with E-state index in [-0.39, 0.29) is 0 Å². The summed E-state index contributed by atoms with van der Waals surface area (Å²) in [7, 11) is 2.10. The SMILES string of the molecule is Cc1ccc(-c2cccc3ccc4ccccc4c23)cc1-c1cccc[n+]1C. The highest BCUT2D eigenvalue weighted by Gasteiger charge is 2.14. The number of hydrogen-bond donors (Lipinski definition) is 0. The first-order valence-corrected chi connectivity index (χ1v) is 9.69. The van der Waals surface area contributed by atoms with Crippen LogP contribution in [0.15, 0.2) is 97.2 Å². The molecule has 0 aliphatic rings. The second kappa shape index (κ2) is 6.61. The number of aromatic nitrogens is 1. The van der Waals surface area contributed by atoms with Gasteiger partial charge in [0, 0.05) is 17.7 Å². The molecule has 4 aromatic carbocycles. The van der Waals surface area contributed by atoms with E-state index < -0.39 is 0 Å². The number of hydrogen-bond acceptors (Lipinski definition) is 0. The minimum atomic E-state index is 1.23. The molecule has 0 amide bonds. The van der Waals surface area contributed by atoms with E-state index in [1.54, 1.807) is 0 Å². The van der Waals surface area contributed by atoms with Crippen LogP contribution >= 0.6 is 0 Å². The molecule has 0 spiro atoms. The van der Waals surface area contributed by atoms with Crippen LogP contribution in [-0.2, 0) is 7.05 Å². The predicted molar refractivity (Wildman–Crippen MR) is 118 cm³/mol. The van der Waals surface area contributed by atoms with Crippen molar-refractivity contribution in [2.45, 2.75) is 6.92 Å². The van der Waals surface area contributed by atoms with Gasteiger partial charge in [-0.3, -0.25) is 0 Å². The summed E-state index contributed by atoms with van der Waals surface area (Å²) >= 11 is 0. The summed E-state index contributed by atoms with van der Waals surface area (Å²) < 4.78 is 2.19. The molecule has 0 unspecified atom stereocenters. The number of rotatable bonds is 2. The standard InChI is InChI=1S/C27H22N/c1-19-13-14-22(18-25(19)26-12-5-6-17-28(26)2)24-11-7-9-21-16-15-20-8-3-4-10-23(20)27(21)24/h3-18H,1-2H3/q+1. The number of benzene rings is 4. The predicted octanol–water partition coefficient (Wildman–Crippen LogP) is 6.46. The molecular weight excluding hydrogens is 338 g/mol. The van der Waals surface area contributed by atoms with Gasteiger partial charge in [-0.25, -0.2) is 4.57 Å². The van der Waals surface area contributed by atoms with Gasteiger partial charge in [0.05, 0.1) is 0 Å². The largest absolute Gasteiger partial charge is 0.212 e. The lowest BCUT2D eigenvalue weighted by molar-refractivity contribution is -0.660. The lowest BCUT2D eigenvalue weighted by Crippen LogP contribution is -2.30. The van der Waals surface area contributed by atoms with E-state index in [1.165, 1.54) is 49.5 Å². The molecule has 1 heterocycles. The Morgan fingerprint density at radius 2 is 1.43 bits per heavy atom. The van der Waals surface area contributed by atoms with Gasteiger partial charge in [-0.15, -0.1) is 0 Å². The van der Waals surface area contributed by atoms with Crippen LogP contribution in [0, 0.1) is 6.92 Å². The molecule has 0 fully saturated rings. The molecule has 1 nitrogen and oxygen atoms in total. The van der Waals surface area contributed by atoms with Crippen LogP contribution in [0.5, 0.6) is 0 Å². The molecular formula is C27H22N+. The topological polar surface area (TPSA) is 3.88 Å². The quantitative estimate of drug-likeness (QED) is 0.251. The first-order chi connectivity index (χ1) is 13.7. The van der Waals surface area contributed by atoms with Crippen LogP contribution in [0.2, 0.25) is 0 Å². The van der Waals surface area contributed by atoms with E-state index in [1.807, 2.05) is 0 Å². The van der Waals surface area contributed by atoms with E-state index >= 15 is 0 Å². The van der Waals surface area contributed by atoms with E-state index in [4.69, 9.17) is 0 Å². The summed E-state index contributed by atoms with van der Waals surface area (Å²) in [6.07, 6.45) is 2.10. The monoisotopic (exact) mass is 360 g/mol. The van der Waals surface area contributed by atoms with Crippen LogP contribution in [0.25, 0.3) is 43.9 Å². The average molecular weight is 360 g/mol. The van der Waals surface area contributed by atoms with Gasteiger partial charge >= 0.3 is 0 Å². The van der Waals surface area contributed by atoms with Gasteiger partial charge in [-0.05, 0) is 57.3 Å². The molecule has 0 N–H and O–H groups in total. The lowest BCUT2D eigenvalue weighted by atomic mass is 9.91. The Balaban J connectivity index is 1.81. The Hall–Kier alpha value is -3.45. The van der Waals surface area contributed by atoms with Gasteiger partial charge in [0.2, 0.25) is 5.69 Å². The highest BCUT2D eigenvalue weighted by Crippen LogP contribution is 2.36. The van der Waals surface area contributed by atoms with Crippen molar-refractivity contribution in [3.63, 3.8) is 0 Å². The van der Waals surface area contributed by atoms with E-state index in [0.717, 1.165) is 0 Å². The zero-order valence-electron chi connectivity index (χ0n) is 16.2. The zero-order chi connectivity index (χ0) is 19.1. The second-order valence-electron chi connectivity index (χ2n) is 7.42. The van der Waals surface area contributed by atoms with E-state index in [9.17, 15) is 0 Å². The molecule has 1 aromatic heterocycles. The number of aryl methyl sites for hydroxylation is 2. The van der Waals surface area contributed by atoms with Crippen molar-refractivity contribution >= 4 is 21.5 Å². The first-order valence-electron chi connectivity index (χ1n) is 9.69. The summed E-state index contributed by atoms with van der Waals surface area (Å²) in [4.78, 5) is 0. The maximum absolute atomic E-state index is 2.33. The Kier molecular flexibility index (Phi) is 3.95. The zero-order valence-corrected chi connectivity index (χ0v) is 16.2. The Labute approximate surface area is 165 Å². The third-order valence-corrected chi connectivity index (χ3v) is 5.65. The van der Waals surface area contributed by atoms with Crippen LogP contribution in [0.1, 0.15) is 5.56 Å². The highest BCUT2D eigenvalue weighted by molar-refractivity contribution is 6.14. The Bertz CT molecular complexity index is 1330. The van der Waals surface area contributed by atoms with Gasteiger partial charge in [0.1, 0.15) is 7.05 Å². The molecule has 0 atom stereocenters.